The van der Waals surface area contributed by atoms with Crippen LogP contribution in [0.5, 0.6) is 0 Å². The van der Waals surface area contributed by atoms with Crippen molar-refractivity contribution in [3.05, 3.63) is 17.8 Å². The van der Waals surface area contributed by atoms with E-state index in [1.807, 2.05) is 30.9 Å². The molecule has 0 unspecified atom stereocenters. The average molecular weight is 333 g/mol. The number of ether oxygens (including phenoxy) is 1. The molecule has 0 spiro atoms. The van der Waals surface area contributed by atoms with Crippen LogP contribution in [0.25, 0.3) is 0 Å². The van der Waals surface area contributed by atoms with Crippen LogP contribution >= 0.6 is 0 Å². The summed E-state index contributed by atoms with van der Waals surface area (Å²) in [5.74, 6) is 1.13. The molecule has 7 nitrogen and oxygen atoms in total. The van der Waals surface area contributed by atoms with E-state index in [0.29, 0.717) is 0 Å². The highest BCUT2D eigenvalue weighted by molar-refractivity contribution is 5.81. The lowest BCUT2D eigenvalue weighted by molar-refractivity contribution is -0.137. The predicted octanol–water partition coefficient (Wildman–Crippen LogP) is 0.544. The highest BCUT2D eigenvalue weighted by Crippen LogP contribution is 2.15. The van der Waals surface area contributed by atoms with Gasteiger partial charge < -0.3 is 14.5 Å². The fourth-order valence-electron chi connectivity index (χ4n) is 3.31. The van der Waals surface area contributed by atoms with Gasteiger partial charge in [0.25, 0.3) is 0 Å². The van der Waals surface area contributed by atoms with Crippen molar-refractivity contribution in [1.29, 1.82) is 0 Å². The second-order valence-electron chi connectivity index (χ2n) is 6.52. The second-order valence-corrected chi connectivity index (χ2v) is 6.52. The average Bonchev–Trinajstić information content (AvgIpc) is 2.88. The number of aromatic nitrogens is 2. The molecule has 1 amide bonds. The molecule has 0 aliphatic carbocycles. The van der Waals surface area contributed by atoms with Crippen LogP contribution in [0.3, 0.4) is 0 Å². The number of carbonyl (C=O) groups excluding carboxylic acids is 1. The fourth-order valence-corrected chi connectivity index (χ4v) is 3.31. The number of hydrogen-bond acceptors (Lipinski definition) is 6. The number of amides is 1. The van der Waals surface area contributed by atoms with Crippen molar-refractivity contribution in [2.24, 2.45) is 0 Å². The van der Waals surface area contributed by atoms with Gasteiger partial charge in [0.15, 0.2) is 5.82 Å². The van der Waals surface area contributed by atoms with Crippen molar-refractivity contribution in [1.82, 2.24) is 20.0 Å². The minimum absolute atomic E-state index is 0.0698. The summed E-state index contributed by atoms with van der Waals surface area (Å²) in [5, 5.41) is 8.41. The van der Waals surface area contributed by atoms with Gasteiger partial charge in [-0.15, -0.1) is 5.10 Å². The summed E-state index contributed by atoms with van der Waals surface area (Å²) in [4.78, 5) is 19.3. The topological polar surface area (TPSA) is 61.8 Å². The summed E-state index contributed by atoms with van der Waals surface area (Å²) in [6.45, 7) is 10.3. The van der Waals surface area contributed by atoms with Crippen molar-refractivity contribution < 1.29 is 9.53 Å². The van der Waals surface area contributed by atoms with Gasteiger partial charge in [-0.3, -0.25) is 9.69 Å². The first-order valence-corrected chi connectivity index (χ1v) is 8.81. The molecular formula is C17H27N5O2. The Hall–Kier alpha value is -1.73. The van der Waals surface area contributed by atoms with E-state index in [-0.39, 0.29) is 11.9 Å². The van der Waals surface area contributed by atoms with Crippen LogP contribution in [0.4, 0.5) is 5.82 Å². The predicted molar refractivity (Wildman–Crippen MR) is 92.0 cm³/mol. The van der Waals surface area contributed by atoms with Gasteiger partial charge in [-0.05, 0) is 32.4 Å². The third-order valence-electron chi connectivity index (χ3n) is 4.87. The van der Waals surface area contributed by atoms with E-state index in [2.05, 4.69) is 20.0 Å². The van der Waals surface area contributed by atoms with E-state index in [9.17, 15) is 4.79 Å². The molecule has 0 saturated carbocycles. The standard InChI is InChI=1S/C17H27N5O2/c1-14-4-5-16(19-18-14)21-6-3-7-22(9-8-21)17(23)15(2)20-10-12-24-13-11-20/h4-5,15H,3,6-13H2,1-2H3/t15-/m1/s1. The minimum Gasteiger partial charge on any atom is -0.379 e. The van der Waals surface area contributed by atoms with Crippen molar-refractivity contribution >= 4 is 11.7 Å². The van der Waals surface area contributed by atoms with Crippen LogP contribution in [0.2, 0.25) is 0 Å². The number of carbonyl (C=O) groups is 1. The number of morpholine rings is 1. The number of rotatable bonds is 3. The van der Waals surface area contributed by atoms with Crippen molar-refractivity contribution in [3.8, 4) is 0 Å². The molecule has 7 heteroatoms. The van der Waals surface area contributed by atoms with Crippen LogP contribution in [0.1, 0.15) is 19.0 Å². The molecule has 2 aliphatic rings. The van der Waals surface area contributed by atoms with Crippen LogP contribution in [0.15, 0.2) is 12.1 Å². The fraction of sp³-hybridized carbons (Fsp3) is 0.706. The van der Waals surface area contributed by atoms with Gasteiger partial charge in [-0.1, -0.05) is 0 Å². The summed E-state index contributed by atoms with van der Waals surface area (Å²) in [7, 11) is 0. The van der Waals surface area contributed by atoms with E-state index >= 15 is 0 Å². The van der Waals surface area contributed by atoms with Crippen LogP contribution in [-0.4, -0.2) is 84.4 Å². The highest BCUT2D eigenvalue weighted by atomic mass is 16.5. The maximum Gasteiger partial charge on any atom is 0.239 e. The molecule has 3 rings (SSSR count). The van der Waals surface area contributed by atoms with Crippen molar-refractivity contribution in [2.75, 3.05) is 57.4 Å². The Bertz CT molecular complexity index is 544. The molecule has 0 aromatic carbocycles. The monoisotopic (exact) mass is 333 g/mol. The molecule has 24 heavy (non-hydrogen) atoms. The normalized spacial score (nSPS) is 21.4. The zero-order valence-corrected chi connectivity index (χ0v) is 14.6. The van der Waals surface area contributed by atoms with Gasteiger partial charge in [0.1, 0.15) is 0 Å². The summed E-state index contributed by atoms with van der Waals surface area (Å²) < 4.78 is 5.38. The van der Waals surface area contributed by atoms with E-state index in [1.165, 1.54) is 0 Å². The molecule has 1 aromatic heterocycles. The molecule has 0 bridgehead atoms. The number of aryl methyl sites for hydroxylation is 1. The Morgan fingerprint density at radius 3 is 2.58 bits per heavy atom. The Kier molecular flexibility index (Phi) is 5.63. The molecule has 0 N–H and O–H groups in total. The Balaban J connectivity index is 1.58. The van der Waals surface area contributed by atoms with E-state index in [1.54, 1.807) is 0 Å². The summed E-state index contributed by atoms with van der Waals surface area (Å²) in [5.41, 5.74) is 0.921. The van der Waals surface area contributed by atoms with E-state index < -0.39 is 0 Å². The maximum absolute atomic E-state index is 12.8. The first-order chi connectivity index (χ1) is 11.6. The van der Waals surface area contributed by atoms with Crippen LogP contribution in [-0.2, 0) is 9.53 Å². The zero-order valence-electron chi connectivity index (χ0n) is 14.6. The van der Waals surface area contributed by atoms with Gasteiger partial charge >= 0.3 is 0 Å². The van der Waals surface area contributed by atoms with Gasteiger partial charge in [0, 0.05) is 39.3 Å². The first-order valence-electron chi connectivity index (χ1n) is 8.81. The van der Waals surface area contributed by atoms with Gasteiger partial charge in [-0.2, -0.15) is 5.10 Å². The SMILES string of the molecule is Cc1ccc(N2CCCN(C(=O)[C@@H](C)N3CCOCC3)CC2)nn1. The van der Waals surface area contributed by atoms with Crippen molar-refractivity contribution in [3.63, 3.8) is 0 Å². The smallest absolute Gasteiger partial charge is 0.239 e. The van der Waals surface area contributed by atoms with Gasteiger partial charge in [0.2, 0.25) is 5.91 Å². The molecule has 1 aromatic rings. The number of hydrogen-bond donors (Lipinski definition) is 0. The van der Waals surface area contributed by atoms with E-state index in [4.69, 9.17) is 4.74 Å². The molecule has 2 aliphatic heterocycles. The Labute approximate surface area is 143 Å². The van der Waals surface area contributed by atoms with Crippen LogP contribution in [0, 0.1) is 6.92 Å². The van der Waals surface area contributed by atoms with Crippen molar-refractivity contribution in [2.45, 2.75) is 26.3 Å². The zero-order chi connectivity index (χ0) is 16.9. The summed E-state index contributed by atoms with van der Waals surface area (Å²) in [6.07, 6.45) is 0.955. The highest BCUT2D eigenvalue weighted by Gasteiger charge is 2.28. The molecule has 2 fully saturated rings. The lowest BCUT2D eigenvalue weighted by Gasteiger charge is -2.34. The summed E-state index contributed by atoms with van der Waals surface area (Å²) in [6, 6.07) is 3.92. The third-order valence-corrected chi connectivity index (χ3v) is 4.87. The van der Waals surface area contributed by atoms with Crippen LogP contribution < -0.4 is 4.90 Å². The van der Waals surface area contributed by atoms with Gasteiger partial charge in [-0.25, -0.2) is 0 Å². The number of nitrogens with zero attached hydrogens (tertiary/aromatic N) is 5. The molecule has 0 radical (unpaired) electrons. The lowest BCUT2D eigenvalue weighted by Crippen LogP contribution is -2.51. The Morgan fingerprint density at radius 1 is 1.08 bits per heavy atom. The first kappa shape index (κ1) is 17.1. The quantitative estimate of drug-likeness (QED) is 0.805. The molecule has 3 heterocycles. The minimum atomic E-state index is -0.0698. The lowest BCUT2D eigenvalue weighted by atomic mass is 10.2. The molecule has 1 atom stereocenters. The third kappa shape index (κ3) is 4.02. The van der Waals surface area contributed by atoms with Gasteiger partial charge in [0.05, 0.1) is 24.9 Å². The second kappa shape index (κ2) is 7.90. The maximum atomic E-state index is 12.8. The largest absolute Gasteiger partial charge is 0.379 e. The molecular weight excluding hydrogens is 306 g/mol. The number of anilines is 1. The molecule has 2 saturated heterocycles. The van der Waals surface area contributed by atoms with E-state index in [0.717, 1.165) is 70.4 Å². The summed E-state index contributed by atoms with van der Waals surface area (Å²) >= 11 is 0. The molecule has 132 valence electrons. The Morgan fingerprint density at radius 2 is 1.88 bits per heavy atom.